The highest BCUT2D eigenvalue weighted by Gasteiger charge is 2.13. The van der Waals surface area contributed by atoms with Gasteiger partial charge in [-0.1, -0.05) is 12.1 Å². The minimum absolute atomic E-state index is 0.00429. The van der Waals surface area contributed by atoms with Crippen LogP contribution in [0.3, 0.4) is 0 Å². The number of nitrogens with one attached hydrogen (secondary N) is 2. The zero-order valence-electron chi connectivity index (χ0n) is 13.3. The van der Waals surface area contributed by atoms with Crippen LogP contribution in [0.25, 0.3) is 0 Å². The molecule has 0 atom stereocenters. The average Bonchev–Trinajstić information content (AvgIpc) is 2.55. The number of carbonyl (C=O) groups excluding carboxylic acids is 2. The maximum atomic E-state index is 12.4. The minimum atomic E-state index is -0.338. The second-order valence-electron chi connectivity index (χ2n) is 5.21. The second kappa shape index (κ2) is 7.40. The molecule has 2 aromatic rings. The average molecular weight is 313 g/mol. The standard InChI is InChI=1S/C17H19N3O3/c1-11(2)19-17(22)14-10-12(8-9-18-14)16(21)20-13-6-4-5-7-15(13)23-3/h4-11H,1-3H3,(H,19,22)(H,20,21). The molecule has 1 aromatic carbocycles. The maximum absolute atomic E-state index is 12.4. The van der Waals surface area contributed by atoms with Gasteiger partial charge in [0.2, 0.25) is 0 Å². The Bertz CT molecular complexity index is 714. The summed E-state index contributed by atoms with van der Waals surface area (Å²) in [6, 6.07) is 10.1. The van der Waals surface area contributed by atoms with Gasteiger partial charge in [0, 0.05) is 17.8 Å². The Labute approximate surface area is 134 Å². The molecule has 1 aromatic heterocycles. The Morgan fingerprint density at radius 1 is 1.13 bits per heavy atom. The molecule has 0 unspecified atom stereocenters. The monoisotopic (exact) mass is 313 g/mol. The lowest BCUT2D eigenvalue weighted by Gasteiger charge is -2.11. The largest absolute Gasteiger partial charge is 0.495 e. The van der Waals surface area contributed by atoms with Crippen molar-refractivity contribution in [2.24, 2.45) is 0 Å². The number of hydrogen-bond donors (Lipinski definition) is 2. The molecule has 0 aliphatic rings. The van der Waals surface area contributed by atoms with Gasteiger partial charge in [0.15, 0.2) is 0 Å². The van der Waals surface area contributed by atoms with Gasteiger partial charge in [-0.2, -0.15) is 0 Å². The summed E-state index contributed by atoms with van der Waals surface area (Å²) in [6.07, 6.45) is 1.44. The van der Waals surface area contributed by atoms with Crippen LogP contribution in [0.4, 0.5) is 5.69 Å². The van der Waals surface area contributed by atoms with Crippen LogP contribution < -0.4 is 15.4 Å². The first-order chi connectivity index (χ1) is 11.0. The van der Waals surface area contributed by atoms with Crippen molar-refractivity contribution in [2.75, 3.05) is 12.4 Å². The van der Waals surface area contributed by atoms with Crippen molar-refractivity contribution < 1.29 is 14.3 Å². The van der Waals surface area contributed by atoms with Gasteiger partial charge in [-0.3, -0.25) is 14.6 Å². The highest BCUT2D eigenvalue weighted by molar-refractivity contribution is 6.06. The molecule has 0 saturated carbocycles. The summed E-state index contributed by atoms with van der Waals surface area (Å²) in [5, 5.41) is 5.50. The van der Waals surface area contributed by atoms with E-state index < -0.39 is 0 Å². The SMILES string of the molecule is COc1ccccc1NC(=O)c1ccnc(C(=O)NC(C)C)c1. The Hall–Kier alpha value is -2.89. The smallest absolute Gasteiger partial charge is 0.270 e. The summed E-state index contributed by atoms with van der Waals surface area (Å²) in [4.78, 5) is 28.3. The normalized spacial score (nSPS) is 10.3. The predicted octanol–water partition coefficient (Wildman–Crippen LogP) is 2.48. The number of hydrogen-bond acceptors (Lipinski definition) is 4. The predicted molar refractivity (Wildman–Crippen MR) is 87.8 cm³/mol. The van der Waals surface area contributed by atoms with Gasteiger partial charge < -0.3 is 15.4 Å². The molecule has 2 N–H and O–H groups in total. The molecule has 23 heavy (non-hydrogen) atoms. The van der Waals surface area contributed by atoms with Gasteiger partial charge in [0.1, 0.15) is 11.4 Å². The molecule has 2 amide bonds. The van der Waals surface area contributed by atoms with E-state index in [9.17, 15) is 9.59 Å². The van der Waals surface area contributed by atoms with E-state index in [1.54, 1.807) is 24.3 Å². The number of aromatic nitrogens is 1. The maximum Gasteiger partial charge on any atom is 0.270 e. The van der Waals surface area contributed by atoms with Crippen molar-refractivity contribution in [3.05, 3.63) is 53.9 Å². The van der Waals surface area contributed by atoms with Gasteiger partial charge in [0.05, 0.1) is 12.8 Å². The third-order valence-electron chi connectivity index (χ3n) is 3.03. The van der Waals surface area contributed by atoms with Gasteiger partial charge in [-0.15, -0.1) is 0 Å². The second-order valence-corrected chi connectivity index (χ2v) is 5.21. The van der Waals surface area contributed by atoms with Crippen molar-refractivity contribution >= 4 is 17.5 Å². The fraction of sp³-hybridized carbons (Fsp3) is 0.235. The molecule has 0 bridgehead atoms. The minimum Gasteiger partial charge on any atom is -0.495 e. The Kier molecular flexibility index (Phi) is 5.30. The number of anilines is 1. The van der Waals surface area contributed by atoms with Crippen molar-refractivity contribution in [1.29, 1.82) is 0 Å². The lowest BCUT2D eigenvalue weighted by atomic mass is 10.2. The Morgan fingerprint density at radius 3 is 2.57 bits per heavy atom. The molecular formula is C17H19N3O3. The number of amides is 2. The molecule has 0 saturated heterocycles. The number of pyridine rings is 1. The molecule has 0 aliphatic carbocycles. The number of methoxy groups -OCH3 is 1. The first-order valence-corrected chi connectivity index (χ1v) is 7.22. The van der Waals surface area contributed by atoms with Crippen LogP contribution in [0, 0.1) is 0 Å². The zero-order chi connectivity index (χ0) is 16.8. The number of ether oxygens (including phenoxy) is 1. The van der Waals surface area contributed by atoms with Gasteiger partial charge in [-0.25, -0.2) is 0 Å². The van der Waals surface area contributed by atoms with Crippen LogP contribution in [-0.2, 0) is 0 Å². The lowest BCUT2D eigenvalue weighted by Crippen LogP contribution is -2.31. The zero-order valence-corrected chi connectivity index (χ0v) is 13.3. The molecule has 0 aliphatic heterocycles. The number of carbonyl (C=O) groups is 2. The summed E-state index contributed by atoms with van der Waals surface area (Å²) < 4.78 is 5.20. The highest BCUT2D eigenvalue weighted by atomic mass is 16.5. The van der Waals surface area contributed by atoms with E-state index in [2.05, 4.69) is 15.6 Å². The van der Waals surface area contributed by atoms with E-state index in [-0.39, 0.29) is 23.6 Å². The van der Waals surface area contributed by atoms with Gasteiger partial charge >= 0.3 is 0 Å². The molecule has 2 rings (SSSR count). The highest BCUT2D eigenvalue weighted by Crippen LogP contribution is 2.23. The van der Waals surface area contributed by atoms with Gasteiger partial charge in [0.25, 0.3) is 11.8 Å². The number of rotatable bonds is 5. The Balaban J connectivity index is 2.18. The third-order valence-corrected chi connectivity index (χ3v) is 3.03. The van der Waals surface area contributed by atoms with Crippen molar-refractivity contribution in [2.45, 2.75) is 19.9 Å². The summed E-state index contributed by atoms with van der Waals surface area (Å²) in [6.45, 7) is 3.71. The summed E-state index contributed by atoms with van der Waals surface area (Å²) in [5.74, 6) is -0.0879. The molecule has 6 heteroatoms. The number of nitrogens with zero attached hydrogens (tertiary/aromatic N) is 1. The molecule has 120 valence electrons. The van der Waals surface area contributed by atoms with Crippen LogP contribution in [0.5, 0.6) is 5.75 Å². The first kappa shape index (κ1) is 16.5. The van der Waals surface area contributed by atoms with E-state index in [0.717, 1.165) is 0 Å². The molecule has 1 heterocycles. The molecule has 6 nitrogen and oxygen atoms in total. The topological polar surface area (TPSA) is 80.3 Å². The lowest BCUT2D eigenvalue weighted by molar-refractivity contribution is 0.0938. The summed E-state index contributed by atoms with van der Waals surface area (Å²) in [7, 11) is 1.53. The number of para-hydroxylation sites is 2. The van der Waals surface area contributed by atoms with Crippen molar-refractivity contribution in [3.63, 3.8) is 0 Å². The summed E-state index contributed by atoms with van der Waals surface area (Å²) >= 11 is 0. The Morgan fingerprint density at radius 2 is 1.87 bits per heavy atom. The van der Waals surface area contributed by atoms with E-state index in [0.29, 0.717) is 17.0 Å². The third kappa shape index (κ3) is 4.29. The van der Waals surface area contributed by atoms with Crippen LogP contribution in [-0.4, -0.2) is 29.9 Å². The van der Waals surface area contributed by atoms with Gasteiger partial charge in [-0.05, 0) is 38.1 Å². The van der Waals surface area contributed by atoms with Crippen molar-refractivity contribution in [3.8, 4) is 5.75 Å². The molecule has 0 spiro atoms. The molecule has 0 fully saturated rings. The van der Waals surface area contributed by atoms with Crippen LogP contribution in [0.15, 0.2) is 42.6 Å². The quantitative estimate of drug-likeness (QED) is 0.888. The summed E-state index contributed by atoms with van der Waals surface area (Å²) in [5.41, 5.74) is 1.11. The van der Waals surface area contributed by atoms with E-state index in [1.165, 1.54) is 19.4 Å². The molecule has 0 radical (unpaired) electrons. The first-order valence-electron chi connectivity index (χ1n) is 7.22. The van der Waals surface area contributed by atoms with E-state index >= 15 is 0 Å². The fourth-order valence-electron chi connectivity index (χ4n) is 1.97. The van der Waals surface area contributed by atoms with E-state index in [4.69, 9.17) is 4.74 Å². The van der Waals surface area contributed by atoms with Crippen LogP contribution in [0.1, 0.15) is 34.7 Å². The fourth-order valence-corrected chi connectivity index (χ4v) is 1.97. The molecular weight excluding hydrogens is 294 g/mol. The van der Waals surface area contributed by atoms with Crippen LogP contribution in [0.2, 0.25) is 0 Å². The van der Waals surface area contributed by atoms with E-state index in [1.807, 2.05) is 19.9 Å². The van der Waals surface area contributed by atoms with Crippen molar-refractivity contribution in [1.82, 2.24) is 10.3 Å². The number of benzene rings is 1. The van der Waals surface area contributed by atoms with Crippen LogP contribution >= 0.6 is 0 Å².